The van der Waals surface area contributed by atoms with Crippen LogP contribution in [0.5, 0.6) is 5.88 Å². The van der Waals surface area contributed by atoms with Crippen molar-refractivity contribution < 1.29 is 4.74 Å². The topological polar surface area (TPSA) is 76.3 Å². The Kier molecular flexibility index (Phi) is 4.41. The molecule has 0 amide bonds. The zero-order valence-corrected chi connectivity index (χ0v) is 9.27. The highest BCUT2D eigenvalue weighted by molar-refractivity contribution is 5.21. The first-order chi connectivity index (χ1) is 7.19. The Morgan fingerprint density at radius 1 is 1.47 bits per heavy atom. The molecule has 0 spiro atoms. The third-order valence-electron chi connectivity index (χ3n) is 1.96. The Bertz CT molecular complexity index is 304. The second kappa shape index (κ2) is 5.59. The molecule has 1 aromatic heterocycles. The standard InChI is InChI=1S/C9H17N5O/c1-14(2)6-7(13-10)8-9(15-3)12-5-4-11-8/h4-5,7,13H,6,10H2,1-3H3. The molecule has 0 aliphatic rings. The van der Waals surface area contributed by atoms with Gasteiger partial charge >= 0.3 is 0 Å². The summed E-state index contributed by atoms with van der Waals surface area (Å²) in [4.78, 5) is 10.3. The zero-order valence-electron chi connectivity index (χ0n) is 9.27. The molecule has 0 aliphatic carbocycles. The van der Waals surface area contributed by atoms with E-state index >= 15 is 0 Å². The van der Waals surface area contributed by atoms with Crippen LogP contribution in [0.3, 0.4) is 0 Å². The number of likely N-dealkylation sites (N-methyl/N-ethyl adjacent to an activating group) is 1. The molecule has 1 aromatic rings. The minimum atomic E-state index is -0.0938. The number of hydrazine groups is 1. The summed E-state index contributed by atoms with van der Waals surface area (Å²) in [6, 6.07) is -0.0938. The molecule has 1 heterocycles. The number of nitrogens with one attached hydrogen (secondary N) is 1. The molecule has 84 valence electrons. The molecular weight excluding hydrogens is 194 g/mol. The van der Waals surface area contributed by atoms with E-state index in [0.717, 1.165) is 12.2 Å². The summed E-state index contributed by atoms with van der Waals surface area (Å²) in [6.45, 7) is 0.728. The first kappa shape index (κ1) is 11.8. The zero-order chi connectivity index (χ0) is 11.3. The van der Waals surface area contributed by atoms with Gasteiger partial charge in [0.2, 0.25) is 5.88 Å². The molecule has 0 aromatic carbocycles. The van der Waals surface area contributed by atoms with E-state index in [4.69, 9.17) is 10.6 Å². The fraction of sp³-hybridized carbons (Fsp3) is 0.556. The molecule has 1 atom stereocenters. The molecule has 3 N–H and O–H groups in total. The number of hydrogen-bond donors (Lipinski definition) is 2. The third kappa shape index (κ3) is 3.12. The van der Waals surface area contributed by atoms with Crippen LogP contribution in [0.1, 0.15) is 11.7 Å². The molecule has 1 unspecified atom stereocenters. The van der Waals surface area contributed by atoms with Gasteiger partial charge in [-0.1, -0.05) is 0 Å². The van der Waals surface area contributed by atoms with E-state index < -0.39 is 0 Å². The maximum Gasteiger partial charge on any atom is 0.237 e. The summed E-state index contributed by atoms with van der Waals surface area (Å²) in [7, 11) is 5.50. The summed E-state index contributed by atoms with van der Waals surface area (Å²) in [5.41, 5.74) is 3.42. The lowest BCUT2D eigenvalue weighted by atomic mass is 10.2. The van der Waals surface area contributed by atoms with Gasteiger partial charge in [0.1, 0.15) is 5.69 Å². The lowest BCUT2D eigenvalue weighted by Gasteiger charge is -2.20. The highest BCUT2D eigenvalue weighted by Crippen LogP contribution is 2.19. The Labute approximate surface area is 89.4 Å². The van der Waals surface area contributed by atoms with Gasteiger partial charge in [-0.3, -0.25) is 10.8 Å². The molecular formula is C9H17N5O. The number of methoxy groups -OCH3 is 1. The molecule has 0 aliphatic heterocycles. The largest absolute Gasteiger partial charge is 0.480 e. The van der Waals surface area contributed by atoms with Crippen LogP contribution in [0.4, 0.5) is 0 Å². The van der Waals surface area contributed by atoms with E-state index in [-0.39, 0.29) is 6.04 Å². The molecule has 1 rings (SSSR count). The number of rotatable bonds is 5. The number of ether oxygens (including phenoxy) is 1. The van der Waals surface area contributed by atoms with Gasteiger partial charge < -0.3 is 9.64 Å². The Hall–Kier alpha value is -1.24. The molecule has 0 saturated heterocycles. The Morgan fingerprint density at radius 3 is 2.67 bits per heavy atom. The SMILES string of the molecule is COc1nccnc1C(CN(C)C)NN. The number of nitrogens with zero attached hydrogens (tertiary/aromatic N) is 3. The van der Waals surface area contributed by atoms with Crippen molar-refractivity contribution in [2.45, 2.75) is 6.04 Å². The fourth-order valence-electron chi connectivity index (χ4n) is 1.32. The predicted molar refractivity (Wildman–Crippen MR) is 57.2 cm³/mol. The summed E-state index contributed by atoms with van der Waals surface area (Å²) >= 11 is 0. The molecule has 0 radical (unpaired) electrons. The van der Waals surface area contributed by atoms with Crippen molar-refractivity contribution in [1.82, 2.24) is 20.3 Å². The maximum absolute atomic E-state index is 5.48. The van der Waals surface area contributed by atoms with Gasteiger partial charge in [-0.05, 0) is 14.1 Å². The summed E-state index contributed by atoms with van der Waals surface area (Å²) < 4.78 is 5.12. The van der Waals surface area contributed by atoms with Crippen molar-refractivity contribution in [2.24, 2.45) is 5.84 Å². The van der Waals surface area contributed by atoms with Crippen LogP contribution >= 0.6 is 0 Å². The van der Waals surface area contributed by atoms with Gasteiger partial charge in [0.25, 0.3) is 0 Å². The lowest BCUT2D eigenvalue weighted by molar-refractivity contribution is 0.323. The highest BCUT2D eigenvalue weighted by Gasteiger charge is 2.17. The predicted octanol–water partition coefficient (Wildman–Crippen LogP) is -0.449. The minimum absolute atomic E-state index is 0.0938. The van der Waals surface area contributed by atoms with Crippen molar-refractivity contribution in [3.63, 3.8) is 0 Å². The first-order valence-electron chi connectivity index (χ1n) is 4.64. The summed E-state index contributed by atoms with van der Waals surface area (Å²) in [5.74, 6) is 5.98. The van der Waals surface area contributed by atoms with Crippen molar-refractivity contribution in [2.75, 3.05) is 27.7 Å². The maximum atomic E-state index is 5.48. The molecule has 6 nitrogen and oxygen atoms in total. The van der Waals surface area contributed by atoms with E-state index in [2.05, 4.69) is 15.4 Å². The van der Waals surface area contributed by atoms with Gasteiger partial charge in [-0.2, -0.15) is 0 Å². The summed E-state index contributed by atoms with van der Waals surface area (Å²) in [6.07, 6.45) is 3.21. The fourth-order valence-corrected chi connectivity index (χ4v) is 1.32. The van der Waals surface area contributed by atoms with Crippen LogP contribution in [-0.2, 0) is 0 Å². The molecule has 0 fully saturated rings. The molecule has 6 heteroatoms. The smallest absolute Gasteiger partial charge is 0.237 e. The van der Waals surface area contributed by atoms with Gasteiger partial charge in [0.15, 0.2) is 0 Å². The second-order valence-corrected chi connectivity index (χ2v) is 3.43. The lowest BCUT2D eigenvalue weighted by Crippen LogP contribution is -2.36. The first-order valence-corrected chi connectivity index (χ1v) is 4.64. The Balaban J connectivity index is 2.90. The van der Waals surface area contributed by atoms with Crippen LogP contribution in [0.2, 0.25) is 0 Å². The van der Waals surface area contributed by atoms with Crippen LogP contribution in [0.15, 0.2) is 12.4 Å². The quantitative estimate of drug-likeness (QED) is 0.507. The average Bonchev–Trinajstić information content (AvgIpc) is 2.25. The third-order valence-corrected chi connectivity index (χ3v) is 1.96. The number of aromatic nitrogens is 2. The van der Waals surface area contributed by atoms with Crippen molar-refractivity contribution in [1.29, 1.82) is 0 Å². The minimum Gasteiger partial charge on any atom is -0.480 e. The van der Waals surface area contributed by atoms with Gasteiger partial charge in [-0.15, -0.1) is 0 Å². The number of hydrogen-bond acceptors (Lipinski definition) is 6. The molecule has 0 bridgehead atoms. The molecule has 15 heavy (non-hydrogen) atoms. The van der Waals surface area contributed by atoms with Gasteiger partial charge in [-0.25, -0.2) is 10.4 Å². The highest BCUT2D eigenvalue weighted by atomic mass is 16.5. The van der Waals surface area contributed by atoms with E-state index in [9.17, 15) is 0 Å². The summed E-state index contributed by atoms with van der Waals surface area (Å²) in [5, 5.41) is 0. The van der Waals surface area contributed by atoms with Gasteiger partial charge in [0, 0.05) is 18.9 Å². The Morgan fingerprint density at radius 2 is 2.13 bits per heavy atom. The second-order valence-electron chi connectivity index (χ2n) is 3.43. The van der Waals surface area contributed by atoms with E-state index in [1.807, 2.05) is 19.0 Å². The van der Waals surface area contributed by atoms with Crippen LogP contribution in [0.25, 0.3) is 0 Å². The average molecular weight is 211 g/mol. The number of nitrogens with two attached hydrogens (primary N) is 1. The van der Waals surface area contributed by atoms with Crippen molar-refractivity contribution in [3.05, 3.63) is 18.1 Å². The van der Waals surface area contributed by atoms with E-state index in [1.54, 1.807) is 19.5 Å². The normalized spacial score (nSPS) is 12.9. The van der Waals surface area contributed by atoms with Crippen LogP contribution < -0.4 is 16.0 Å². The van der Waals surface area contributed by atoms with Gasteiger partial charge in [0.05, 0.1) is 13.2 Å². The van der Waals surface area contributed by atoms with E-state index in [1.165, 1.54) is 0 Å². The van der Waals surface area contributed by atoms with Crippen molar-refractivity contribution in [3.8, 4) is 5.88 Å². The van der Waals surface area contributed by atoms with E-state index in [0.29, 0.717) is 5.88 Å². The van der Waals surface area contributed by atoms with Crippen molar-refractivity contribution >= 4 is 0 Å². The van der Waals surface area contributed by atoms with Crippen LogP contribution in [-0.4, -0.2) is 42.6 Å². The van der Waals surface area contributed by atoms with Crippen LogP contribution in [0, 0.1) is 0 Å². The monoisotopic (exact) mass is 211 g/mol. The molecule has 0 saturated carbocycles.